The third-order valence-electron chi connectivity index (χ3n) is 3.48. The summed E-state index contributed by atoms with van der Waals surface area (Å²) in [4.78, 5) is 3.04. The van der Waals surface area contributed by atoms with Gasteiger partial charge < -0.3 is 0 Å². The largest absolute Gasteiger partial charge is 0.407 e. The smallest absolute Gasteiger partial charge is 0.237 e. The summed E-state index contributed by atoms with van der Waals surface area (Å²) in [5.41, 5.74) is 0.507. The molecule has 0 amide bonds. The van der Waals surface area contributed by atoms with Gasteiger partial charge in [-0.05, 0) is 24.3 Å². The van der Waals surface area contributed by atoms with Crippen LogP contribution in [0.25, 0.3) is 21.6 Å². The number of hydrogen-bond donors (Lipinski definition) is 0. The molecule has 0 radical (unpaired) electrons. The summed E-state index contributed by atoms with van der Waals surface area (Å²) in [7, 11) is 1.68. The SMILES string of the molecule is [C-]#[N+]c1cc2c(cc1C(F)(F)F)[n+](C)cn2-c1ccccc1. The van der Waals surface area contributed by atoms with Gasteiger partial charge in [-0.1, -0.05) is 18.2 Å². The zero-order valence-electron chi connectivity index (χ0n) is 11.6. The Labute approximate surface area is 124 Å². The van der Waals surface area contributed by atoms with E-state index in [0.717, 1.165) is 11.8 Å². The molecule has 6 heteroatoms. The minimum Gasteiger partial charge on any atom is -0.237 e. The molecule has 0 N–H and O–H groups in total. The molecular formula is C16H11F3N3+. The molecule has 0 fully saturated rings. The van der Waals surface area contributed by atoms with Crippen LogP contribution in [0.5, 0.6) is 0 Å². The molecule has 110 valence electrons. The Morgan fingerprint density at radius 2 is 1.82 bits per heavy atom. The Morgan fingerprint density at radius 1 is 1.14 bits per heavy atom. The molecule has 22 heavy (non-hydrogen) atoms. The van der Waals surface area contributed by atoms with Gasteiger partial charge in [0.2, 0.25) is 12.0 Å². The molecule has 0 aliphatic heterocycles. The van der Waals surface area contributed by atoms with E-state index in [4.69, 9.17) is 6.57 Å². The third kappa shape index (κ3) is 2.21. The molecule has 2 aromatic carbocycles. The van der Waals surface area contributed by atoms with Crippen molar-refractivity contribution < 1.29 is 17.7 Å². The van der Waals surface area contributed by atoms with E-state index in [1.165, 1.54) is 6.07 Å². The Hall–Kier alpha value is -2.81. The molecule has 0 saturated carbocycles. The summed E-state index contributed by atoms with van der Waals surface area (Å²) < 4.78 is 42.6. The lowest BCUT2D eigenvalue weighted by molar-refractivity contribution is -0.645. The number of halogens is 3. The van der Waals surface area contributed by atoms with Crippen molar-refractivity contribution in [2.24, 2.45) is 7.05 Å². The van der Waals surface area contributed by atoms with Gasteiger partial charge in [0.05, 0.1) is 19.2 Å². The van der Waals surface area contributed by atoms with Crippen molar-refractivity contribution in [3.8, 4) is 5.69 Å². The average molecular weight is 302 g/mol. The molecule has 0 saturated heterocycles. The molecule has 3 aromatic rings. The first-order chi connectivity index (χ1) is 10.4. The number of imidazole rings is 1. The number of rotatable bonds is 1. The van der Waals surface area contributed by atoms with E-state index in [1.807, 2.05) is 30.3 Å². The van der Waals surface area contributed by atoms with Crippen LogP contribution in [0.1, 0.15) is 5.56 Å². The zero-order chi connectivity index (χ0) is 15.9. The predicted octanol–water partition coefficient (Wildman–Crippen LogP) is 4.02. The third-order valence-corrected chi connectivity index (χ3v) is 3.48. The van der Waals surface area contributed by atoms with E-state index in [1.54, 1.807) is 22.5 Å². The number of aryl methyl sites for hydroxylation is 1. The monoisotopic (exact) mass is 302 g/mol. The number of hydrogen-bond acceptors (Lipinski definition) is 0. The minimum atomic E-state index is -4.55. The van der Waals surface area contributed by atoms with E-state index in [2.05, 4.69) is 4.85 Å². The fraction of sp³-hybridized carbons (Fsp3) is 0.125. The molecule has 0 spiro atoms. The Balaban J connectivity index is 2.35. The van der Waals surface area contributed by atoms with E-state index in [-0.39, 0.29) is 0 Å². The van der Waals surface area contributed by atoms with Crippen LogP contribution in [0, 0.1) is 6.57 Å². The van der Waals surface area contributed by atoms with Gasteiger partial charge >= 0.3 is 6.18 Å². The molecular weight excluding hydrogens is 291 g/mol. The predicted molar refractivity (Wildman–Crippen MR) is 75.7 cm³/mol. The van der Waals surface area contributed by atoms with Gasteiger partial charge in [-0.25, -0.2) is 9.41 Å². The Morgan fingerprint density at radius 3 is 2.41 bits per heavy atom. The molecule has 0 bridgehead atoms. The lowest BCUT2D eigenvalue weighted by Crippen LogP contribution is -2.25. The van der Waals surface area contributed by atoms with Gasteiger partial charge in [0.1, 0.15) is 5.69 Å². The van der Waals surface area contributed by atoms with E-state index >= 15 is 0 Å². The first-order valence-electron chi connectivity index (χ1n) is 6.46. The highest BCUT2D eigenvalue weighted by atomic mass is 19.4. The van der Waals surface area contributed by atoms with E-state index < -0.39 is 17.4 Å². The van der Waals surface area contributed by atoms with Crippen molar-refractivity contribution in [1.29, 1.82) is 0 Å². The van der Waals surface area contributed by atoms with Crippen molar-refractivity contribution in [1.82, 2.24) is 4.57 Å². The molecule has 1 aromatic heterocycles. The minimum absolute atomic E-state index is 0.393. The van der Waals surface area contributed by atoms with Crippen LogP contribution in [0.4, 0.5) is 18.9 Å². The van der Waals surface area contributed by atoms with Gasteiger partial charge in [0.15, 0.2) is 11.0 Å². The summed E-state index contributed by atoms with van der Waals surface area (Å²) in [6.45, 7) is 7.03. The summed E-state index contributed by atoms with van der Waals surface area (Å²) in [5.74, 6) is 0. The van der Waals surface area contributed by atoms with Gasteiger partial charge in [-0.2, -0.15) is 17.7 Å². The maximum atomic E-state index is 13.1. The fourth-order valence-electron chi connectivity index (χ4n) is 2.45. The second kappa shape index (κ2) is 4.88. The Bertz CT molecular complexity index is 887. The maximum absolute atomic E-state index is 13.1. The number of aromatic nitrogens is 2. The van der Waals surface area contributed by atoms with Gasteiger partial charge in [0.25, 0.3) is 0 Å². The second-order valence-electron chi connectivity index (χ2n) is 4.90. The van der Waals surface area contributed by atoms with Crippen molar-refractivity contribution in [3.05, 3.63) is 65.8 Å². The molecule has 0 unspecified atom stereocenters. The topological polar surface area (TPSA) is 13.2 Å². The summed E-state index contributed by atoms with van der Waals surface area (Å²) in [6, 6.07) is 11.6. The number of para-hydroxylation sites is 1. The van der Waals surface area contributed by atoms with Gasteiger partial charge in [0, 0.05) is 0 Å². The summed E-state index contributed by atoms with van der Waals surface area (Å²) in [6.07, 6.45) is -2.84. The highest BCUT2D eigenvalue weighted by Crippen LogP contribution is 2.38. The molecule has 0 atom stereocenters. The van der Waals surface area contributed by atoms with Crippen molar-refractivity contribution in [2.45, 2.75) is 6.18 Å². The first-order valence-corrected chi connectivity index (χ1v) is 6.46. The molecule has 0 aliphatic carbocycles. The van der Waals surface area contributed by atoms with E-state index in [0.29, 0.717) is 11.0 Å². The van der Waals surface area contributed by atoms with Crippen LogP contribution in [0.15, 0.2) is 48.8 Å². The number of nitrogens with zero attached hydrogens (tertiary/aromatic N) is 3. The normalized spacial score (nSPS) is 11.6. The maximum Gasteiger partial charge on any atom is 0.407 e. The molecule has 3 rings (SSSR count). The highest BCUT2D eigenvalue weighted by Gasteiger charge is 2.35. The quantitative estimate of drug-likeness (QED) is 0.476. The number of benzene rings is 2. The van der Waals surface area contributed by atoms with Crippen molar-refractivity contribution >= 4 is 16.7 Å². The van der Waals surface area contributed by atoms with Crippen molar-refractivity contribution in [2.75, 3.05) is 0 Å². The highest BCUT2D eigenvalue weighted by molar-refractivity contribution is 5.81. The fourth-order valence-corrected chi connectivity index (χ4v) is 2.45. The van der Waals surface area contributed by atoms with Gasteiger partial charge in [-0.3, -0.25) is 0 Å². The van der Waals surface area contributed by atoms with Crippen LogP contribution in [0.3, 0.4) is 0 Å². The Kier molecular flexibility index (Phi) is 3.14. The molecule has 0 aliphatic rings. The number of fused-ring (bicyclic) bond motifs is 1. The summed E-state index contributed by atoms with van der Waals surface area (Å²) in [5, 5.41) is 0. The first kappa shape index (κ1) is 14.1. The van der Waals surface area contributed by atoms with Crippen LogP contribution < -0.4 is 4.57 Å². The van der Waals surface area contributed by atoms with Gasteiger partial charge in [-0.15, -0.1) is 0 Å². The summed E-state index contributed by atoms with van der Waals surface area (Å²) >= 11 is 0. The molecule has 3 nitrogen and oxygen atoms in total. The standard InChI is InChI=1S/C16H11F3N3/c1-20-13-9-15-14(8-12(13)16(17,18)19)21(2)10-22(15)11-6-4-3-5-7-11/h3-10H,2H3/q+1. The van der Waals surface area contributed by atoms with Crippen LogP contribution in [-0.4, -0.2) is 4.57 Å². The van der Waals surface area contributed by atoms with Crippen LogP contribution >= 0.6 is 0 Å². The lowest BCUT2D eigenvalue weighted by Gasteiger charge is -2.08. The van der Waals surface area contributed by atoms with E-state index in [9.17, 15) is 13.2 Å². The lowest BCUT2D eigenvalue weighted by atomic mass is 10.1. The molecule has 1 heterocycles. The van der Waals surface area contributed by atoms with Crippen molar-refractivity contribution in [3.63, 3.8) is 0 Å². The second-order valence-corrected chi connectivity index (χ2v) is 4.90. The van der Waals surface area contributed by atoms with Crippen LogP contribution in [0.2, 0.25) is 0 Å². The zero-order valence-corrected chi connectivity index (χ0v) is 11.6. The average Bonchev–Trinajstić information content (AvgIpc) is 2.82. The van der Waals surface area contributed by atoms with Crippen LogP contribution in [-0.2, 0) is 13.2 Å². The number of alkyl halides is 3.